The number of hydrogen-bond acceptors (Lipinski definition) is 4. The van der Waals surface area contributed by atoms with Crippen LogP contribution in [0.2, 0.25) is 5.02 Å². The monoisotopic (exact) mass is 341 g/mol. The van der Waals surface area contributed by atoms with Crippen molar-refractivity contribution >= 4 is 29.4 Å². The van der Waals surface area contributed by atoms with E-state index >= 15 is 0 Å². The van der Waals surface area contributed by atoms with Crippen molar-refractivity contribution in [2.24, 2.45) is 4.99 Å². The first-order chi connectivity index (χ1) is 11.7. The lowest BCUT2D eigenvalue weighted by Crippen LogP contribution is -2.35. The maximum atomic E-state index is 12.7. The summed E-state index contributed by atoms with van der Waals surface area (Å²) in [6, 6.07) is 1.69. The van der Waals surface area contributed by atoms with Crippen LogP contribution in [0.3, 0.4) is 0 Å². The van der Waals surface area contributed by atoms with E-state index in [4.69, 9.17) is 11.6 Å². The van der Waals surface area contributed by atoms with Crippen molar-refractivity contribution in [2.45, 2.75) is 19.3 Å². The molecule has 0 atom stereocenters. The molecular formula is C17H16ClN5O. The number of aliphatic imine (C=N–C) groups is 1. The Morgan fingerprint density at radius 2 is 2.17 bits per heavy atom. The Bertz CT molecular complexity index is 896. The van der Waals surface area contributed by atoms with E-state index in [0.29, 0.717) is 29.5 Å². The van der Waals surface area contributed by atoms with E-state index in [1.807, 2.05) is 6.21 Å². The van der Waals surface area contributed by atoms with Crippen molar-refractivity contribution in [3.05, 3.63) is 52.6 Å². The number of rotatable bonds is 2. The van der Waals surface area contributed by atoms with E-state index in [-0.39, 0.29) is 5.91 Å². The first kappa shape index (κ1) is 15.1. The second kappa shape index (κ2) is 6.20. The minimum Gasteiger partial charge on any atom is -0.333 e. The van der Waals surface area contributed by atoms with Gasteiger partial charge >= 0.3 is 0 Å². The fourth-order valence-corrected chi connectivity index (χ4v) is 3.07. The largest absolute Gasteiger partial charge is 0.333 e. The van der Waals surface area contributed by atoms with Crippen molar-refractivity contribution in [1.29, 1.82) is 0 Å². The van der Waals surface area contributed by atoms with E-state index in [1.165, 1.54) is 10.1 Å². The summed E-state index contributed by atoms with van der Waals surface area (Å²) >= 11 is 5.90. The number of aromatic nitrogens is 3. The molecule has 0 aromatic carbocycles. The number of carbonyl (C=O) groups is 1. The van der Waals surface area contributed by atoms with Gasteiger partial charge in [-0.05, 0) is 24.8 Å². The molecule has 0 bridgehead atoms. The third kappa shape index (κ3) is 2.85. The molecule has 4 rings (SSSR count). The Labute approximate surface area is 144 Å². The zero-order valence-electron chi connectivity index (χ0n) is 13.0. The van der Waals surface area contributed by atoms with Crippen LogP contribution >= 0.6 is 11.6 Å². The van der Waals surface area contributed by atoms with Gasteiger partial charge in [0.25, 0.3) is 5.91 Å². The van der Waals surface area contributed by atoms with Crippen molar-refractivity contribution in [3.8, 4) is 0 Å². The fourth-order valence-electron chi connectivity index (χ4n) is 2.93. The molecule has 0 spiro atoms. The molecular weight excluding hydrogens is 326 g/mol. The average Bonchev–Trinajstić information content (AvgIpc) is 3.05. The van der Waals surface area contributed by atoms with E-state index in [1.54, 1.807) is 23.4 Å². The molecule has 0 aliphatic carbocycles. The number of carbonyl (C=O) groups excluding carboxylic acids is 1. The van der Waals surface area contributed by atoms with Crippen LogP contribution in [0.5, 0.6) is 0 Å². The maximum Gasteiger partial charge on any atom is 0.274 e. The molecule has 122 valence electrons. The molecule has 0 saturated heterocycles. The molecule has 0 N–H and O–H groups in total. The van der Waals surface area contributed by atoms with Crippen LogP contribution in [0.15, 0.2) is 46.9 Å². The summed E-state index contributed by atoms with van der Waals surface area (Å²) < 4.78 is 1.53. The number of halogens is 1. The van der Waals surface area contributed by atoms with Gasteiger partial charge in [-0.2, -0.15) is 5.10 Å². The summed E-state index contributed by atoms with van der Waals surface area (Å²) in [4.78, 5) is 23.1. The molecule has 2 aliphatic rings. The lowest BCUT2D eigenvalue weighted by Gasteiger charge is -2.26. The Morgan fingerprint density at radius 1 is 1.25 bits per heavy atom. The third-order valence-electron chi connectivity index (χ3n) is 4.19. The predicted octanol–water partition coefficient (Wildman–Crippen LogP) is 2.90. The summed E-state index contributed by atoms with van der Waals surface area (Å²) in [5.74, 6) is -0.0898. The normalized spacial score (nSPS) is 17.8. The average molecular weight is 342 g/mol. The van der Waals surface area contributed by atoms with Gasteiger partial charge in [-0.3, -0.25) is 9.79 Å². The van der Waals surface area contributed by atoms with Crippen LogP contribution in [0.25, 0.3) is 5.65 Å². The zero-order valence-corrected chi connectivity index (χ0v) is 13.8. The number of hydrogen-bond donors (Lipinski definition) is 0. The first-order valence-corrected chi connectivity index (χ1v) is 8.31. The molecule has 1 amide bonds. The number of fused-ring (bicyclic) bond motifs is 1. The van der Waals surface area contributed by atoms with E-state index in [0.717, 1.165) is 25.0 Å². The quantitative estimate of drug-likeness (QED) is 0.843. The molecule has 0 radical (unpaired) electrons. The molecule has 2 aromatic rings. The van der Waals surface area contributed by atoms with Crippen LogP contribution < -0.4 is 0 Å². The van der Waals surface area contributed by atoms with Gasteiger partial charge in [-0.15, -0.1) is 0 Å². The number of nitrogens with zero attached hydrogens (tertiary/aromatic N) is 5. The lowest BCUT2D eigenvalue weighted by atomic mass is 10.0. The van der Waals surface area contributed by atoms with E-state index in [2.05, 4.69) is 27.2 Å². The summed E-state index contributed by atoms with van der Waals surface area (Å²) in [6.45, 7) is 1.24. The topological polar surface area (TPSA) is 62.9 Å². The van der Waals surface area contributed by atoms with Gasteiger partial charge in [-0.25, -0.2) is 9.50 Å². The highest BCUT2D eigenvalue weighted by Gasteiger charge is 2.22. The molecule has 0 unspecified atom stereocenters. The van der Waals surface area contributed by atoms with Gasteiger partial charge < -0.3 is 4.90 Å². The predicted molar refractivity (Wildman–Crippen MR) is 92.4 cm³/mol. The Hall–Kier alpha value is -2.47. The maximum absolute atomic E-state index is 12.7. The second-order valence-corrected chi connectivity index (χ2v) is 6.25. The minimum atomic E-state index is -0.0898. The molecule has 6 nitrogen and oxygen atoms in total. The number of allylic oxidation sites excluding steroid dienone is 2. The van der Waals surface area contributed by atoms with Crippen LogP contribution in [0.4, 0.5) is 0 Å². The highest BCUT2D eigenvalue weighted by atomic mass is 35.5. The Kier molecular flexibility index (Phi) is 3.90. The summed E-state index contributed by atoms with van der Waals surface area (Å²) in [5, 5.41) is 4.76. The second-order valence-electron chi connectivity index (χ2n) is 5.81. The van der Waals surface area contributed by atoms with Gasteiger partial charge in [0, 0.05) is 31.6 Å². The smallest absolute Gasteiger partial charge is 0.274 e. The summed E-state index contributed by atoms with van der Waals surface area (Å²) in [6.07, 6.45) is 12.3. The third-order valence-corrected chi connectivity index (χ3v) is 4.39. The van der Waals surface area contributed by atoms with Crippen LogP contribution in [0, 0.1) is 0 Å². The Balaban J connectivity index is 1.52. The van der Waals surface area contributed by atoms with E-state index < -0.39 is 0 Å². The molecule has 2 aliphatic heterocycles. The molecule has 0 saturated carbocycles. The molecule has 24 heavy (non-hydrogen) atoms. The van der Waals surface area contributed by atoms with Crippen LogP contribution in [-0.2, 0) is 0 Å². The van der Waals surface area contributed by atoms with Gasteiger partial charge in [0.1, 0.15) is 0 Å². The number of amides is 1. The van der Waals surface area contributed by atoms with Crippen molar-refractivity contribution in [1.82, 2.24) is 19.5 Å². The standard InChI is InChI=1S/C17H16ClN5O/c18-13-10-20-16-9-15(21-23(16)11-13)17(24)22-7-4-12(5-8-22)14-3-1-2-6-19-14/h3-4,6,9-11H,1-2,5,7-8H2. The lowest BCUT2D eigenvalue weighted by molar-refractivity contribution is 0.0763. The highest BCUT2D eigenvalue weighted by molar-refractivity contribution is 6.30. The molecule has 4 heterocycles. The summed E-state index contributed by atoms with van der Waals surface area (Å²) in [5.41, 5.74) is 3.27. The highest BCUT2D eigenvalue weighted by Crippen LogP contribution is 2.23. The minimum absolute atomic E-state index is 0.0898. The molecule has 2 aromatic heterocycles. The van der Waals surface area contributed by atoms with Crippen molar-refractivity contribution in [2.75, 3.05) is 13.1 Å². The van der Waals surface area contributed by atoms with Crippen molar-refractivity contribution in [3.63, 3.8) is 0 Å². The Morgan fingerprint density at radius 3 is 2.92 bits per heavy atom. The fraction of sp³-hybridized carbons (Fsp3) is 0.294. The van der Waals surface area contributed by atoms with Gasteiger partial charge in [0.2, 0.25) is 0 Å². The SMILES string of the molecule is O=C(c1cc2ncc(Cl)cn2n1)N1CC=C(C2=CCCC=N2)CC1. The van der Waals surface area contributed by atoms with E-state index in [9.17, 15) is 4.79 Å². The summed E-state index contributed by atoms with van der Waals surface area (Å²) in [7, 11) is 0. The van der Waals surface area contributed by atoms with Gasteiger partial charge in [-0.1, -0.05) is 23.8 Å². The van der Waals surface area contributed by atoms with Crippen LogP contribution in [-0.4, -0.2) is 44.7 Å². The van der Waals surface area contributed by atoms with Gasteiger partial charge in [0.15, 0.2) is 11.3 Å². The zero-order chi connectivity index (χ0) is 16.5. The molecule has 0 fully saturated rings. The van der Waals surface area contributed by atoms with Crippen molar-refractivity contribution < 1.29 is 4.79 Å². The molecule has 7 heteroatoms. The van der Waals surface area contributed by atoms with Gasteiger partial charge in [0.05, 0.1) is 16.9 Å². The van der Waals surface area contributed by atoms with Crippen LogP contribution in [0.1, 0.15) is 29.8 Å². The first-order valence-electron chi connectivity index (χ1n) is 7.93.